The van der Waals surface area contributed by atoms with Gasteiger partial charge in [-0.25, -0.2) is 0 Å². The van der Waals surface area contributed by atoms with Crippen molar-refractivity contribution < 1.29 is 4.74 Å². The molecule has 2 heterocycles. The Morgan fingerprint density at radius 3 is 3.20 bits per heavy atom. The van der Waals surface area contributed by atoms with E-state index in [4.69, 9.17) is 10.00 Å². The number of rotatable bonds is 3. The van der Waals surface area contributed by atoms with Crippen LogP contribution in [0.2, 0.25) is 0 Å². The molecule has 2 unspecified atom stereocenters. The third-order valence-corrected chi connectivity index (χ3v) is 4.48. The number of nitrogens with zero attached hydrogens (tertiary/aromatic N) is 2. The van der Waals surface area contributed by atoms with Crippen molar-refractivity contribution >= 4 is 21.6 Å². The van der Waals surface area contributed by atoms with Crippen LogP contribution in [-0.4, -0.2) is 43.3 Å². The molecule has 0 aliphatic carbocycles. The van der Waals surface area contributed by atoms with Crippen molar-refractivity contribution in [3.8, 4) is 6.07 Å². The molecule has 0 radical (unpaired) electrons. The van der Waals surface area contributed by atoms with Crippen molar-refractivity contribution in [2.75, 3.05) is 31.6 Å². The molecular formula is C15H18BrN3O. The first-order valence-electron chi connectivity index (χ1n) is 7.05. The zero-order valence-corrected chi connectivity index (χ0v) is 12.9. The van der Waals surface area contributed by atoms with Gasteiger partial charge in [0.25, 0.3) is 0 Å². The van der Waals surface area contributed by atoms with E-state index in [0.717, 1.165) is 29.9 Å². The molecule has 0 bridgehead atoms. The maximum atomic E-state index is 8.98. The first-order valence-corrected chi connectivity index (χ1v) is 7.84. The molecule has 2 atom stereocenters. The summed E-state index contributed by atoms with van der Waals surface area (Å²) >= 11 is 3.43. The second-order valence-corrected chi connectivity index (χ2v) is 6.38. The van der Waals surface area contributed by atoms with E-state index in [0.29, 0.717) is 11.6 Å². The summed E-state index contributed by atoms with van der Waals surface area (Å²) in [6.07, 6.45) is 2.80. The Bertz CT molecular complexity index is 528. The van der Waals surface area contributed by atoms with E-state index in [9.17, 15) is 0 Å². The highest BCUT2D eigenvalue weighted by Gasteiger charge is 2.31. The van der Waals surface area contributed by atoms with Gasteiger partial charge in [-0.3, -0.25) is 4.90 Å². The Balaban J connectivity index is 1.57. The van der Waals surface area contributed by atoms with Gasteiger partial charge >= 0.3 is 0 Å². The van der Waals surface area contributed by atoms with Gasteiger partial charge in [0.2, 0.25) is 0 Å². The molecule has 4 nitrogen and oxygen atoms in total. The van der Waals surface area contributed by atoms with Gasteiger partial charge in [-0.1, -0.05) is 15.9 Å². The van der Waals surface area contributed by atoms with Crippen LogP contribution in [0, 0.1) is 11.3 Å². The van der Waals surface area contributed by atoms with Crippen LogP contribution < -0.4 is 5.32 Å². The Kier molecular flexibility index (Phi) is 4.25. The molecule has 0 saturated carbocycles. The third kappa shape index (κ3) is 3.14. The standard InChI is InChI=1S/C15H18BrN3O/c16-12-4-11(7-17)5-13(6-12)18-8-15-9-19-3-1-2-14(19)10-20-15/h4-6,14-15,18H,1-3,8-10H2. The summed E-state index contributed by atoms with van der Waals surface area (Å²) in [5.74, 6) is 0. The fraction of sp³-hybridized carbons (Fsp3) is 0.533. The van der Waals surface area contributed by atoms with E-state index >= 15 is 0 Å². The predicted molar refractivity (Wildman–Crippen MR) is 81.7 cm³/mol. The highest BCUT2D eigenvalue weighted by atomic mass is 79.9. The van der Waals surface area contributed by atoms with Crippen molar-refractivity contribution in [3.05, 3.63) is 28.2 Å². The van der Waals surface area contributed by atoms with E-state index in [1.165, 1.54) is 19.4 Å². The molecule has 5 heteroatoms. The maximum absolute atomic E-state index is 8.98. The minimum Gasteiger partial charge on any atom is -0.382 e. The monoisotopic (exact) mass is 335 g/mol. The van der Waals surface area contributed by atoms with Crippen molar-refractivity contribution in [3.63, 3.8) is 0 Å². The summed E-state index contributed by atoms with van der Waals surface area (Å²) < 4.78 is 6.84. The molecule has 2 aliphatic heterocycles. The van der Waals surface area contributed by atoms with E-state index in [1.54, 1.807) is 0 Å². The topological polar surface area (TPSA) is 48.3 Å². The first kappa shape index (κ1) is 13.9. The molecule has 1 aromatic rings. The van der Waals surface area contributed by atoms with Gasteiger partial charge in [0.1, 0.15) is 0 Å². The molecule has 3 rings (SSSR count). The lowest BCUT2D eigenvalue weighted by molar-refractivity contribution is -0.0415. The largest absolute Gasteiger partial charge is 0.382 e. The van der Waals surface area contributed by atoms with Gasteiger partial charge in [0.15, 0.2) is 0 Å². The molecule has 106 valence electrons. The molecule has 2 fully saturated rings. The predicted octanol–water partition coefficient (Wildman–Crippen LogP) is 2.60. The van der Waals surface area contributed by atoms with Crippen LogP contribution in [0.5, 0.6) is 0 Å². The SMILES string of the molecule is N#Cc1cc(Br)cc(NCC2CN3CCCC3CO2)c1. The fourth-order valence-corrected chi connectivity index (χ4v) is 3.49. The quantitative estimate of drug-likeness (QED) is 0.922. The summed E-state index contributed by atoms with van der Waals surface area (Å²) in [6.45, 7) is 3.86. The van der Waals surface area contributed by atoms with E-state index in [-0.39, 0.29) is 6.10 Å². The van der Waals surface area contributed by atoms with Gasteiger partial charge in [0, 0.05) is 29.3 Å². The number of ether oxygens (including phenoxy) is 1. The van der Waals surface area contributed by atoms with Crippen molar-refractivity contribution in [1.29, 1.82) is 5.26 Å². The van der Waals surface area contributed by atoms with Crippen LogP contribution in [0.15, 0.2) is 22.7 Å². The smallest absolute Gasteiger partial charge is 0.0992 e. The van der Waals surface area contributed by atoms with Gasteiger partial charge in [-0.15, -0.1) is 0 Å². The van der Waals surface area contributed by atoms with Crippen LogP contribution in [0.3, 0.4) is 0 Å². The average molecular weight is 336 g/mol. The van der Waals surface area contributed by atoms with Crippen LogP contribution in [0.1, 0.15) is 18.4 Å². The van der Waals surface area contributed by atoms with Crippen LogP contribution in [-0.2, 0) is 4.74 Å². The summed E-state index contributed by atoms with van der Waals surface area (Å²) in [4.78, 5) is 2.54. The molecule has 0 amide bonds. The van der Waals surface area contributed by atoms with Crippen molar-refractivity contribution in [2.45, 2.75) is 25.0 Å². The number of morpholine rings is 1. The molecule has 1 N–H and O–H groups in total. The number of anilines is 1. The van der Waals surface area contributed by atoms with E-state index < -0.39 is 0 Å². The Hall–Kier alpha value is -1.09. The van der Waals surface area contributed by atoms with E-state index in [1.807, 2.05) is 18.2 Å². The Morgan fingerprint density at radius 1 is 1.45 bits per heavy atom. The highest BCUT2D eigenvalue weighted by Crippen LogP contribution is 2.23. The summed E-state index contributed by atoms with van der Waals surface area (Å²) in [6, 6.07) is 8.48. The summed E-state index contributed by atoms with van der Waals surface area (Å²) in [5.41, 5.74) is 1.62. The lowest BCUT2D eigenvalue weighted by Crippen LogP contribution is -2.48. The fourth-order valence-electron chi connectivity index (χ4n) is 3.00. The second-order valence-electron chi connectivity index (χ2n) is 5.47. The number of nitrogens with one attached hydrogen (secondary N) is 1. The molecule has 2 aliphatic rings. The summed E-state index contributed by atoms with van der Waals surface area (Å²) in [7, 11) is 0. The summed E-state index contributed by atoms with van der Waals surface area (Å²) in [5, 5.41) is 12.4. The molecular weight excluding hydrogens is 318 g/mol. The van der Waals surface area contributed by atoms with Gasteiger partial charge in [-0.2, -0.15) is 5.26 Å². The number of hydrogen-bond donors (Lipinski definition) is 1. The molecule has 1 aromatic carbocycles. The van der Waals surface area contributed by atoms with Crippen molar-refractivity contribution in [1.82, 2.24) is 4.90 Å². The van der Waals surface area contributed by atoms with Gasteiger partial charge in [-0.05, 0) is 37.6 Å². The first-order chi connectivity index (χ1) is 9.74. The Labute approximate surface area is 127 Å². The number of benzene rings is 1. The van der Waals surface area contributed by atoms with Crippen molar-refractivity contribution in [2.24, 2.45) is 0 Å². The molecule has 2 saturated heterocycles. The number of halogens is 1. The third-order valence-electron chi connectivity index (χ3n) is 4.02. The average Bonchev–Trinajstić information content (AvgIpc) is 2.92. The number of hydrogen-bond acceptors (Lipinski definition) is 4. The normalized spacial score (nSPS) is 26.0. The van der Waals surface area contributed by atoms with Gasteiger partial charge in [0.05, 0.1) is 24.3 Å². The maximum Gasteiger partial charge on any atom is 0.0992 e. The van der Waals surface area contributed by atoms with Gasteiger partial charge < -0.3 is 10.1 Å². The minimum atomic E-state index is 0.230. The highest BCUT2D eigenvalue weighted by molar-refractivity contribution is 9.10. The Morgan fingerprint density at radius 2 is 2.35 bits per heavy atom. The zero-order chi connectivity index (χ0) is 13.9. The molecule has 0 aromatic heterocycles. The van der Waals surface area contributed by atoms with Crippen LogP contribution in [0.25, 0.3) is 0 Å². The lowest BCUT2D eigenvalue weighted by atomic mass is 10.2. The number of fused-ring (bicyclic) bond motifs is 1. The number of nitriles is 1. The molecule has 20 heavy (non-hydrogen) atoms. The molecule has 0 spiro atoms. The second kappa shape index (κ2) is 6.13. The van der Waals surface area contributed by atoms with E-state index in [2.05, 4.69) is 32.2 Å². The lowest BCUT2D eigenvalue weighted by Gasteiger charge is -2.35. The zero-order valence-electron chi connectivity index (χ0n) is 11.3. The van der Waals surface area contributed by atoms with Crippen LogP contribution in [0.4, 0.5) is 5.69 Å². The van der Waals surface area contributed by atoms with Crippen LogP contribution >= 0.6 is 15.9 Å². The minimum absolute atomic E-state index is 0.230.